The number of aromatic nitrogens is 2. The quantitative estimate of drug-likeness (QED) is 0.420. The van der Waals surface area contributed by atoms with Crippen LogP contribution in [0.25, 0.3) is 0 Å². The maximum Gasteiger partial charge on any atom is 0.266 e. The molecule has 2 aromatic rings. The number of hydrogen-bond acceptors (Lipinski definition) is 5. The van der Waals surface area contributed by atoms with Crippen LogP contribution in [0.2, 0.25) is 0 Å². The summed E-state index contributed by atoms with van der Waals surface area (Å²) in [6.45, 7) is 0.958. The van der Waals surface area contributed by atoms with Crippen molar-refractivity contribution in [2.45, 2.75) is 0 Å². The predicted octanol–water partition coefficient (Wildman–Crippen LogP) is 1.45. The van der Waals surface area contributed by atoms with Gasteiger partial charge in [-0.3, -0.25) is 4.79 Å². The molecule has 0 aliphatic carbocycles. The number of H-pyrrole nitrogens is 1. The summed E-state index contributed by atoms with van der Waals surface area (Å²) in [5.41, 5.74) is 6.20. The van der Waals surface area contributed by atoms with Crippen molar-refractivity contribution >= 4 is 34.1 Å². The van der Waals surface area contributed by atoms with Crippen LogP contribution in [0.4, 0.5) is 11.5 Å². The lowest BCUT2D eigenvalue weighted by molar-refractivity contribution is 0.334. The van der Waals surface area contributed by atoms with Crippen molar-refractivity contribution in [1.29, 1.82) is 0 Å². The molecule has 0 aliphatic heterocycles. The summed E-state index contributed by atoms with van der Waals surface area (Å²) in [7, 11) is 0. The summed E-state index contributed by atoms with van der Waals surface area (Å²) in [5, 5.41) is 3.04. The molecule has 0 aliphatic rings. The topological polar surface area (TPSA) is 93.0 Å². The van der Waals surface area contributed by atoms with Gasteiger partial charge in [0.2, 0.25) is 0 Å². The molecule has 0 amide bonds. The molecule has 1 aromatic heterocycles. The second-order valence-electron chi connectivity index (χ2n) is 3.71. The zero-order valence-electron chi connectivity index (χ0n) is 10.0. The van der Waals surface area contributed by atoms with E-state index in [1.165, 1.54) is 6.33 Å². The van der Waals surface area contributed by atoms with E-state index in [9.17, 15) is 4.79 Å². The Morgan fingerprint density at radius 2 is 2.21 bits per heavy atom. The van der Waals surface area contributed by atoms with Crippen molar-refractivity contribution in [2.24, 2.45) is 0 Å². The molecule has 0 saturated carbocycles. The molecular weight excluding hydrogens is 359 g/mol. The molecule has 1 heterocycles. The SMILES string of the molecule is Nc1ccccc1OCCNc1nc[nH]c(=O)c1I. The molecule has 7 heteroatoms. The van der Waals surface area contributed by atoms with Crippen molar-refractivity contribution in [1.82, 2.24) is 9.97 Å². The van der Waals surface area contributed by atoms with E-state index in [2.05, 4.69) is 15.3 Å². The third kappa shape index (κ3) is 3.60. The molecule has 0 fully saturated rings. The monoisotopic (exact) mass is 372 g/mol. The standard InChI is InChI=1S/C12H13IN4O2/c13-10-11(16-7-17-12(10)18)15-5-6-19-9-4-2-1-3-8(9)14/h1-4,7H,5-6,14H2,(H2,15,16,17,18). The van der Waals surface area contributed by atoms with Gasteiger partial charge in [0, 0.05) is 0 Å². The van der Waals surface area contributed by atoms with Crippen LogP contribution in [-0.4, -0.2) is 23.1 Å². The molecule has 19 heavy (non-hydrogen) atoms. The van der Waals surface area contributed by atoms with Crippen molar-refractivity contribution < 1.29 is 4.74 Å². The Bertz CT molecular complexity index is 615. The second-order valence-corrected chi connectivity index (χ2v) is 4.79. The lowest BCUT2D eigenvalue weighted by Crippen LogP contribution is -2.18. The number of hydrogen-bond donors (Lipinski definition) is 3. The van der Waals surface area contributed by atoms with Gasteiger partial charge in [-0.15, -0.1) is 0 Å². The summed E-state index contributed by atoms with van der Waals surface area (Å²) >= 11 is 1.94. The highest BCUT2D eigenvalue weighted by molar-refractivity contribution is 14.1. The van der Waals surface area contributed by atoms with Crippen LogP contribution >= 0.6 is 22.6 Å². The highest BCUT2D eigenvalue weighted by Gasteiger charge is 2.04. The van der Waals surface area contributed by atoms with E-state index in [1.54, 1.807) is 6.07 Å². The minimum absolute atomic E-state index is 0.161. The first-order valence-electron chi connectivity index (χ1n) is 5.63. The third-order valence-electron chi connectivity index (χ3n) is 2.37. The molecule has 4 N–H and O–H groups in total. The van der Waals surface area contributed by atoms with Crippen LogP contribution in [0.15, 0.2) is 35.4 Å². The smallest absolute Gasteiger partial charge is 0.266 e. The lowest BCUT2D eigenvalue weighted by atomic mass is 10.3. The summed E-state index contributed by atoms with van der Waals surface area (Å²) in [5.74, 6) is 1.20. The van der Waals surface area contributed by atoms with Crippen molar-refractivity contribution in [2.75, 3.05) is 24.2 Å². The van der Waals surface area contributed by atoms with Crippen LogP contribution in [0.3, 0.4) is 0 Å². The first-order chi connectivity index (χ1) is 9.18. The van der Waals surface area contributed by atoms with E-state index in [0.29, 0.717) is 34.0 Å². The maximum atomic E-state index is 11.3. The van der Waals surface area contributed by atoms with E-state index < -0.39 is 0 Å². The summed E-state index contributed by atoms with van der Waals surface area (Å²) in [4.78, 5) is 17.9. The zero-order valence-corrected chi connectivity index (χ0v) is 12.2. The van der Waals surface area contributed by atoms with E-state index in [4.69, 9.17) is 10.5 Å². The normalized spacial score (nSPS) is 10.2. The molecule has 0 unspecified atom stereocenters. The number of nitrogens with zero attached hydrogens (tertiary/aromatic N) is 1. The van der Waals surface area contributed by atoms with Crippen LogP contribution in [0, 0.1) is 3.57 Å². The van der Waals surface area contributed by atoms with Crippen molar-refractivity contribution in [3.63, 3.8) is 0 Å². The van der Waals surface area contributed by atoms with E-state index >= 15 is 0 Å². The summed E-state index contributed by atoms with van der Waals surface area (Å²) in [6, 6.07) is 7.30. The molecule has 100 valence electrons. The Kier molecular flexibility index (Phi) is 4.61. The molecular formula is C12H13IN4O2. The van der Waals surface area contributed by atoms with Gasteiger partial charge in [-0.2, -0.15) is 0 Å². The maximum absolute atomic E-state index is 11.3. The van der Waals surface area contributed by atoms with Gasteiger partial charge in [-0.25, -0.2) is 4.98 Å². The van der Waals surface area contributed by atoms with Gasteiger partial charge in [0.05, 0.1) is 18.6 Å². The van der Waals surface area contributed by atoms with Crippen LogP contribution in [0.1, 0.15) is 0 Å². The third-order valence-corrected chi connectivity index (χ3v) is 3.37. The number of ether oxygens (including phenoxy) is 1. The molecule has 0 spiro atoms. The molecule has 6 nitrogen and oxygen atoms in total. The second kappa shape index (κ2) is 6.41. The summed E-state index contributed by atoms with van der Waals surface area (Å²) in [6.07, 6.45) is 1.36. The zero-order chi connectivity index (χ0) is 13.7. The van der Waals surface area contributed by atoms with Gasteiger partial charge in [-0.05, 0) is 34.7 Å². The number of anilines is 2. The lowest BCUT2D eigenvalue weighted by Gasteiger charge is -2.10. The number of nitrogen functional groups attached to an aromatic ring is 1. The number of halogens is 1. The molecule has 0 radical (unpaired) electrons. The Labute approximate surface area is 123 Å². The van der Waals surface area contributed by atoms with E-state index in [0.717, 1.165) is 0 Å². The molecule has 1 aromatic carbocycles. The van der Waals surface area contributed by atoms with Gasteiger partial charge < -0.3 is 20.8 Å². The van der Waals surface area contributed by atoms with Gasteiger partial charge in [-0.1, -0.05) is 12.1 Å². The predicted molar refractivity (Wildman–Crippen MR) is 82.4 cm³/mol. The number of aromatic amines is 1. The van der Waals surface area contributed by atoms with Crippen LogP contribution < -0.4 is 21.3 Å². The molecule has 0 bridgehead atoms. The number of benzene rings is 1. The van der Waals surface area contributed by atoms with Crippen molar-refractivity contribution in [3.05, 3.63) is 44.5 Å². The van der Waals surface area contributed by atoms with E-state index in [-0.39, 0.29) is 5.56 Å². The highest BCUT2D eigenvalue weighted by Crippen LogP contribution is 2.19. The Balaban J connectivity index is 1.86. The van der Waals surface area contributed by atoms with Gasteiger partial charge >= 0.3 is 0 Å². The molecule has 0 atom stereocenters. The minimum Gasteiger partial charge on any atom is -0.490 e. The molecule has 2 rings (SSSR count). The van der Waals surface area contributed by atoms with Gasteiger partial charge in [0.25, 0.3) is 5.56 Å². The average molecular weight is 372 g/mol. The van der Waals surface area contributed by atoms with E-state index in [1.807, 2.05) is 40.8 Å². The Morgan fingerprint density at radius 1 is 1.42 bits per heavy atom. The fraction of sp³-hybridized carbons (Fsp3) is 0.167. The number of rotatable bonds is 5. The van der Waals surface area contributed by atoms with Crippen LogP contribution in [0.5, 0.6) is 5.75 Å². The Morgan fingerprint density at radius 3 is 3.00 bits per heavy atom. The Hall–Kier alpha value is -1.77. The number of nitrogens with one attached hydrogen (secondary N) is 2. The number of para-hydroxylation sites is 2. The minimum atomic E-state index is -0.161. The first kappa shape index (κ1) is 13.7. The summed E-state index contributed by atoms with van der Waals surface area (Å²) < 4.78 is 6.05. The van der Waals surface area contributed by atoms with Crippen molar-refractivity contribution in [3.8, 4) is 5.75 Å². The van der Waals surface area contributed by atoms with Crippen LogP contribution in [-0.2, 0) is 0 Å². The highest BCUT2D eigenvalue weighted by atomic mass is 127. The fourth-order valence-electron chi connectivity index (χ4n) is 1.45. The average Bonchev–Trinajstić information content (AvgIpc) is 2.41. The number of nitrogens with two attached hydrogens (primary N) is 1. The first-order valence-corrected chi connectivity index (χ1v) is 6.70. The molecule has 0 saturated heterocycles. The van der Waals surface area contributed by atoms with Gasteiger partial charge in [0.1, 0.15) is 21.7 Å². The van der Waals surface area contributed by atoms with Gasteiger partial charge in [0.15, 0.2) is 0 Å². The largest absolute Gasteiger partial charge is 0.490 e. The fourth-order valence-corrected chi connectivity index (χ4v) is 1.93.